The monoisotopic (exact) mass is 419 g/mol. The Balaban J connectivity index is 1.96. The molecule has 1 aromatic carbocycles. The van der Waals surface area contributed by atoms with Gasteiger partial charge in [-0.15, -0.1) is 0 Å². The number of aliphatic hydroxyl groups excluding tert-OH is 2. The highest BCUT2D eigenvalue weighted by Crippen LogP contribution is 2.39. The highest BCUT2D eigenvalue weighted by molar-refractivity contribution is 5.31. The van der Waals surface area contributed by atoms with Gasteiger partial charge in [0.2, 0.25) is 0 Å². The van der Waals surface area contributed by atoms with Crippen molar-refractivity contribution in [2.75, 3.05) is 13.2 Å². The van der Waals surface area contributed by atoms with E-state index in [0.29, 0.717) is 6.54 Å². The van der Waals surface area contributed by atoms with Gasteiger partial charge in [-0.1, -0.05) is 46.8 Å². The fourth-order valence-electron chi connectivity index (χ4n) is 5.65. The molecule has 0 spiro atoms. The van der Waals surface area contributed by atoms with Crippen LogP contribution in [-0.4, -0.2) is 51.6 Å². The molecule has 4 heteroatoms. The quantitative estimate of drug-likeness (QED) is 0.641. The molecule has 1 saturated heterocycles. The fraction of sp³-hybridized carbons (Fsp3) is 0.769. The van der Waals surface area contributed by atoms with E-state index >= 15 is 0 Å². The maximum atomic E-state index is 10.7. The Morgan fingerprint density at radius 1 is 1.00 bits per heavy atom. The average Bonchev–Trinajstić information content (AvgIpc) is 2.53. The Morgan fingerprint density at radius 2 is 1.50 bits per heavy atom. The van der Waals surface area contributed by atoms with E-state index in [1.54, 1.807) is 0 Å². The first-order valence-electron chi connectivity index (χ1n) is 11.4. The van der Waals surface area contributed by atoms with Gasteiger partial charge in [0.05, 0.1) is 6.10 Å². The number of hydrogen-bond acceptors (Lipinski definition) is 4. The summed E-state index contributed by atoms with van der Waals surface area (Å²) in [6, 6.07) is 8.31. The van der Waals surface area contributed by atoms with Crippen molar-refractivity contribution in [3.63, 3.8) is 0 Å². The molecule has 30 heavy (non-hydrogen) atoms. The Kier molecular flexibility index (Phi) is 7.38. The van der Waals surface area contributed by atoms with Crippen LogP contribution in [0.25, 0.3) is 0 Å². The molecule has 0 saturated carbocycles. The van der Waals surface area contributed by atoms with Gasteiger partial charge in [-0.05, 0) is 75.5 Å². The zero-order valence-electron chi connectivity index (χ0n) is 20.7. The van der Waals surface area contributed by atoms with Crippen molar-refractivity contribution >= 4 is 0 Å². The number of aliphatic hydroxyl groups is 2. The number of piperidine rings is 1. The molecule has 172 valence electrons. The van der Waals surface area contributed by atoms with Gasteiger partial charge in [0.25, 0.3) is 0 Å². The number of ether oxygens (including phenoxy) is 1. The molecule has 1 heterocycles. The largest absolute Gasteiger partial charge is 0.491 e. The molecule has 4 nitrogen and oxygen atoms in total. The second kappa shape index (κ2) is 8.80. The van der Waals surface area contributed by atoms with Gasteiger partial charge in [0.15, 0.2) is 0 Å². The molecule has 2 rings (SSSR count). The van der Waals surface area contributed by atoms with Crippen molar-refractivity contribution in [3.8, 4) is 5.75 Å². The smallest absolute Gasteiger partial charge is 0.119 e. The minimum absolute atomic E-state index is 0.103. The highest BCUT2D eigenvalue weighted by atomic mass is 16.5. The highest BCUT2D eigenvalue weighted by Gasteiger charge is 2.45. The van der Waals surface area contributed by atoms with E-state index in [4.69, 9.17) is 4.74 Å². The second-order valence-electron chi connectivity index (χ2n) is 12.4. The van der Waals surface area contributed by atoms with Crippen molar-refractivity contribution in [2.45, 2.75) is 110 Å². The van der Waals surface area contributed by atoms with E-state index in [1.807, 2.05) is 12.1 Å². The van der Waals surface area contributed by atoms with E-state index in [1.165, 1.54) is 5.56 Å². The van der Waals surface area contributed by atoms with Crippen molar-refractivity contribution < 1.29 is 14.9 Å². The van der Waals surface area contributed by atoms with E-state index in [0.717, 1.165) is 25.0 Å². The molecule has 1 aromatic rings. The maximum absolute atomic E-state index is 10.7. The Labute approximate surface area is 184 Å². The lowest BCUT2D eigenvalue weighted by Crippen LogP contribution is -2.63. The summed E-state index contributed by atoms with van der Waals surface area (Å²) < 4.78 is 5.91. The number of hydrogen-bond donors (Lipinski definition) is 2. The predicted octanol–water partition coefficient (Wildman–Crippen LogP) is 5.15. The molecule has 1 aliphatic rings. The van der Waals surface area contributed by atoms with Gasteiger partial charge in [-0.3, -0.25) is 4.90 Å². The molecular formula is C26H45NO3. The second-order valence-corrected chi connectivity index (χ2v) is 12.4. The van der Waals surface area contributed by atoms with Crippen molar-refractivity contribution in [3.05, 3.63) is 29.8 Å². The Bertz CT molecular complexity index is 667. The molecule has 0 aromatic heterocycles. The number of likely N-dealkylation sites (tertiary alicyclic amines) is 1. The molecule has 2 N–H and O–H groups in total. The van der Waals surface area contributed by atoms with E-state index < -0.39 is 6.10 Å². The summed E-state index contributed by atoms with van der Waals surface area (Å²) in [6.45, 7) is 20.8. The predicted molar refractivity (Wildman–Crippen MR) is 125 cm³/mol. The van der Waals surface area contributed by atoms with Gasteiger partial charge >= 0.3 is 0 Å². The molecule has 1 aliphatic heterocycles. The molecule has 1 fully saturated rings. The van der Waals surface area contributed by atoms with Gasteiger partial charge in [-0.25, -0.2) is 0 Å². The molecule has 0 radical (unpaired) electrons. The van der Waals surface area contributed by atoms with Gasteiger partial charge in [0.1, 0.15) is 18.5 Å². The van der Waals surface area contributed by atoms with Crippen molar-refractivity contribution in [2.24, 2.45) is 5.41 Å². The first-order valence-corrected chi connectivity index (χ1v) is 11.4. The van der Waals surface area contributed by atoms with Crippen LogP contribution in [0, 0.1) is 5.41 Å². The molecule has 0 aliphatic carbocycles. The van der Waals surface area contributed by atoms with E-state index in [-0.39, 0.29) is 34.6 Å². The van der Waals surface area contributed by atoms with Crippen LogP contribution in [0.5, 0.6) is 5.75 Å². The van der Waals surface area contributed by atoms with Crippen LogP contribution in [0.3, 0.4) is 0 Å². The summed E-state index contributed by atoms with van der Waals surface area (Å²) >= 11 is 0. The third-order valence-corrected chi connectivity index (χ3v) is 6.38. The third-order valence-electron chi connectivity index (χ3n) is 6.38. The van der Waals surface area contributed by atoms with Gasteiger partial charge < -0.3 is 14.9 Å². The standard InChI is InChI=1S/C26H45NO3/c1-23(2,3)18-24(4,5)19-10-12-22(13-11-19)30-17-21(29)16-27-25(6,7)14-20(28)15-26(27,8)9/h10-13,20-21,28-29H,14-18H2,1-9H3. The zero-order chi connectivity index (χ0) is 23.0. The SMILES string of the molecule is CC(C)(C)CC(C)(C)c1ccc(OCC(O)CN2C(C)(C)CC(O)CC2(C)C)cc1. The minimum Gasteiger partial charge on any atom is -0.491 e. The Hall–Kier alpha value is -1.10. The summed E-state index contributed by atoms with van der Waals surface area (Å²) in [5.74, 6) is 0.789. The maximum Gasteiger partial charge on any atom is 0.119 e. The topological polar surface area (TPSA) is 52.9 Å². The molecular weight excluding hydrogens is 374 g/mol. The molecule has 0 bridgehead atoms. The summed E-state index contributed by atoms with van der Waals surface area (Å²) in [5.41, 5.74) is 1.35. The lowest BCUT2D eigenvalue weighted by molar-refractivity contribution is -0.1000. The van der Waals surface area contributed by atoms with Crippen LogP contribution in [0.4, 0.5) is 0 Å². The van der Waals surface area contributed by atoms with Crippen LogP contribution in [0.2, 0.25) is 0 Å². The zero-order valence-corrected chi connectivity index (χ0v) is 20.7. The van der Waals surface area contributed by atoms with Crippen LogP contribution < -0.4 is 4.74 Å². The Morgan fingerprint density at radius 3 is 1.97 bits per heavy atom. The molecule has 0 amide bonds. The summed E-state index contributed by atoms with van der Waals surface area (Å²) in [7, 11) is 0. The van der Waals surface area contributed by atoms with Crippen molar-refractivity contribution in [1.82, 2.24) is 4.90 Å². The summed E-state index contributed by atoms with van der Waals surface area (Å²) in [6.07, 6.45) is 1.66. The fourth-order valence-corrected chi connectivity index (χ4v) is 5.65. The van der Waals surface area contributed by atoms with Crippen LogP contribution >= 0.6 is 0 Å². The number of nitrogens with zero attached hydrogens (tertiary/aromatic N) is 1. The third kappa shape index (κ3) is 6.70. The first kappa shape index (κ1) is 25.2. The van der Waals surface area contributed by atoms with E-state index in [2.05, 4.69) is 79.3 Å². The van der Waals surface area contributed by atoms with Crippen molar-refractivity contribution in [1.29, 1.82) is 0 Å². The van der Waals surface area contributed by atoms with Crippen LogP contribution in [0.1, 0.15) is 87.1 Å². The molecule has 1 unspecified atom stereocenters. The van der Waals surface area contributed by atoms with Gasteiger partial charge in [-0.2, -0.15) is 0 Å². The minimum atomic E-state index is -0.587. The lowest BCUT2D eigenvalue weighted by Gasteiger charge is -2.54. The normalized spacial score (nSPS) is 21.4. The van der Waals surface area contributed by atoms with Crippen LogP contribution in [-0.2, 0) is 5.41 Å². The number of β-amino-alcohol motifs (C(OH)–C–C–N with tert-alkyl or cyclic N) is 1. The number of benzene rings is 1. The average molecular weight is 420 g/mol. The first-order chi connectivity index (χ1) is 13.5. The molecule has 1 atom stereocenters. The lowest BCUT2D eigenvalue weighted by atomic mass is 9.72. The van der Waals surface area contributed by atoms with Gasteiger partial charge in [0, 0.05) is 17.6 Å². The number of rotatable bonds is 7. The summed E-state index contributed by atoms with van der Waals surface area (Å²) in [4.78, 5) is 2.32. The van der Waals surface area contributed by atoms with Crippen LogP contribution in [0.15, 0.2) is 24.3 Å². The summed E-state index contributed by atoms with van der Waals surface area (Å²) in [5, 5.41) is 20.9. The van der Waals surface area contributed by atoms with E-state index in [9.17, 15) is 10.2 Å².